The van der Waals surface area contributed by atoms with E-state index in [9.17, 15) is 0 Å². The van der Waals surface area contributed by atoms with Gasteiger partial charge in [0.1, 0.15) is 5.82 Å². The van der Waals surface area contributed by atoms with Crippen LogP contribution in [-0.2, 0) is 0 Å². The van der Waals surface area contributed by atoms with Gasteiger partial charge >= 0.3 is 0 Å². The van der Waals surface area contributed by atoms with Gasteiger partial charge in [0, 0.05) is 19.3 Å². The average molecular weight is 179 g/mol. The fraction of sp³-hybridized carbons (Fsp3) is 0.500. The molecule has 0 spiro atoms. The van der Waals surface area contributed by atoms with Gasteiger partial charge in [0.15, 0.2) is 0 Å². The van der Waals surface area contributed by atoms with Crippen LogP contribution in [0.5, 0.6) is 0 Å². The van der Waals surface area contributed by atoms with Crippen LogP contribution in [0.4, 0.5) is 5.82 Å². The molecule has 1 heterocycles. The van der Waals surface area contributed by atoms with Crippen molar-refractivity contribution in [2.75, 3.05) is 32.5 Å². The highest BCUT2D eigenvalue weighted by Gasteiger charge is 1.93. The predicted octanol–water partition coefficient (Wildman–Crippen LogP) is 1.36. The summed E-state index contributed by atoms with van der Waals surface area (Å²) in [6, 6.07) is 4.05. The number of pyridine rings is 1. The molecule has 3 heteroatoms. The molecule has 0 bridgehead atoms. The first-order valence-electron chi connectivity index (χ1n) is 4.50. The summed E-state index contributed by atoms with van der Waals surface area (Å²) in [7, 11) is 4.12. The molecule has 0 amide bonds. The highest BCUT2D eigenvalue weighted by atomic mass is 15.1. The Hall–Kier alpha value is -1.09. The summed E-state index contributed by atoms with van der Waals surface area (Å²) in [5.74, 6) is 0.960. The second kappa shape index (κ2) is 4.82. The van der Waals surface area contributed by atoms with Crippen LogP contribution in [0.25, 0.3) is 0 Å². The normalized spacial score (nSPS) is 10.5. The summed E-state index contributed by atoms with van der Waals surface area (Å²) in [5, 5.41) is 3.26. The summed E-state index contributed by atoms with van der Waals surface area (Å²) in [5.41, 5.74) is 1.24. The van der Waals surface area contributed by atoms with E-state index in [0.29, 0.717) is 0 Å². The SMILES string of the molecule is Cc1ccnc(NCCN(C)C)c1. The van der Waals surface area contributed by atoms with Gasteiger partial charge in [-0.15, -0.1) is 0 Å². The van der Waals surface area contributed by atoms with Gasteiger partial charge < -0.3 is 10.2 Å². The Morgan fingerprint density at radius 2 is 2.23 bits per heavy atom. The molecule has 1 aromatic heterocycles. The molecule has 0 aliphatic rings. The maximum absolute atomic E-state index is 4.21. The first-order chi connectivity index (χ1) is 6.18. The van der Waals surface area contributed by atoms with Gasteiger partial charge in [-0.05, 0) is 38.7 Å². The number of hydrogen-bond acceptors (Lipinski definition) is 3. The molecule has 0 atom stereocenters. The van der Waals surface area contributed by atoms with E-state index in [-0.39, 0.29) is 0 Å². The van der Waals surface area contributed by atoms with Crippen LogP contribution in [0.2, 0.25) is 0 Å². The third kappa shape index (κ3) is 3.90. The van der Waals surface area contributed by atoms with Crippen LogP contribution < -0.4 is 5.32 Å². The monoisotopic (exact) mass is 179 g/mol. The van der Waals surface area contributed by atoms with Crippen molar-refractivity contribution in [2.24, 2.45) is 0 Å². The van der Waals surface area contributed by atoms with Gasteiger partial charge in [-0.25, -0.2) is 4.98 Å². The van der Waals surface area contributed by atoms with Crippen molar-refractivity contribution < 1.29 is 0 Å². The number of anilines is 1. The van der Waals surface area contributed by atoms with Crippen LogP contribution >= 0.6 is 0 Å². The Bertz CT molecular complexity index is 258. The molecule has 0 aromatic carbocycles. The summed E-state index contributed by atoms with van der Waals surface area (Å²) in [4.78, 5) is 6.35. The van der Waals surface area contributed by atoms with Gasteiger partial charge in [-0.3, -0.25) is 0 Å². The number of aryl methyl sites for hydroxylation is 1. The van der Waals surface area contributed by atoms with E-state index in [4.69, 9.17) is 0 Å². The Morgan fingerprint density at radius 1 is 1.46 bits per heavy atom. The molecule has 1 N–H and O–H groups in total. The zero-order chi connectivity index (χ0) is 9.68. The number of aromatic nitrogens is 1. The van der Waals surface area contributed by atoms with Gasteiger partial charge in [-0.1, -0.05) is 0 Å². The molecule has 1 rings (SSSR count). The summed E-state index contributed by atoms with van der Waals surface area (Å²) < 4.78 is 0. The number of rotatable bonds is 4. The molecule has 72 valence electrons. The van der Waals surface area contributed by atoms with Gasteiger partial charge in [0.25, 0.3) is 0 Å². The van der Waals surface area contributed by atoms with E-state index in [2.05, 4.69) is 42.3 Å². The van der Waals surface area contributed by atoms with Gasteiger partial charge in [0.05, 0.1) is 0 Å². The van der Waals surface area contributed by atoms with Crippen LogP contribution in [0, 0.1) is 6.92 Å². The lowest BCUT2D eigenvalue weighted by Crippen LogP contribution is -2.21. The molecular weight excluding hydrogens is 162 g/mol. The molecular formula is C10H17N3. The summed E-state index contributed by atoms with van der Waals surface area (Å²) in [6.07, 6.45) is 1.83. The number of nitrogens with zero attached hydrogens (tertiary/aromatic N) is 2. The van der Waals surface area contributed by atoms with E-state index >= 15 is 0 Å². The molecule has 13 heavy (non-hydrogen) atoms. The lowest BCUT2D eigenvalue weighted by atomic mass is 10.3. The summed E-state index contributed by atoms with van der Waals surface area (Å²) >= 11 is 0. The van der Waals surface area contributed by atoms with E-state index in [1.54, 1.807) is 0 Å². The number of likely N-dealkylation sites (N-methyl/N-ethyl adjacent to an activating group) is 1. The van der Waals surface area contributed by atoms with Gasteiger partial charge in [0.2, 0.25) is 0 Å². The third-order valence-corrected chi connectivity index (χ3v) is 1.78. The van der Waals surface area contributed by atoms with E-state index in [0.717, 1.165) is 18.9 Å². The molecule has 1 aromatic rings. The van der Waals surface area contributed by atoms with Crippen molar-refractivity contribution in [1.82, 2.24) is 9.88 Å². The number of hydrogen-bond donors (Lipinski definition) is 1. The Kier molecular flexibility index (Phi) is 3.71. The van der Waals surface area contributed by atoms with Crippen molar-refractivity contribution in [3.8, 4) is 0 Å². The Balaban J connectivity index is 2.37. The predicted molar refractivity (Wildman–Crippen MR) is 56.0 cm³/mol. The molecule has 0 aliphatic heterocycles. The van der Waals surface area contributed by atoms with Crippen molar-refractivity contribution >= 4 is 5.82 Å². The molecule has 3 nitrogen and oxygen atoms in total. The van der Waals surface area contributed by atoms with E-state index < -0.39 is 0 Å². The Morgan fingerprint density at radius 3 is 2.85 bits per heavy atom. The zero-order valence-corrected chi connectivity index (χ0v) is 8.54. The summed E-state index contributed by atoms with van der Waals surface area (Å²) in [6.45, 7) is 4.03. The van der Waals surface area contributed by atoms with Crippen LogP contribution in [-0.4, -0.2) is 37.1 Å². The minimum atomic E-state index is 0.934. The van der Waals surface area contributed by atoms with Crippen molar-refractivity contribution in [2.45, 2.75) is 6.92 Å². The highest BCUT2D eigenvalue weighted by molar-refractivity contribution is 5.36. The topological polar surface area (TPSA) is 28.2 Å². The maximum atomic E-state index is 4.21. The van der Waals surface area contributed by atoms with Crippen molar-refractivity contribution in [3.63, 3.8) is 0 Å². The molecule has 0 saturated heterocycles. The van der Waals surface area contributed by atoms with E-state index in [1.165, 1.54) is 5.56 Å². The van der Waals surface area contributed by atoms with Gasteiger partial charge in [-0.2, -0.15) is 0 Å². The molecule has 0 fully saturated rings. The smallest absolute Gasteiger partial charge is 0.126 e. The molecule has 0 saturated carbocycles. The molecule has 0 radical (unpaired) electrons. The fourth-order valence-corrected chi connectivity index (χ4v) is 1.04. The second-order valence-electron chi connectivity index (χ2n) is 3.45. The standard InChI is InChI=1S/C10H17N3/c1-9-4-5-11-10(8-9)12-6-7-13(2)3/h4-5,8H,6-7H2,1-3H3,(H,11,12). The lowest BCUT2D eigenvalue weighted by molar-refractivity contribution is 0.425. The second-order valence-corrected chi connectivity index (χ2v) is 3.45. The lowest BCUT2D eigenvalue weighted by Gasteiger charge is -2.10. The van der Waals surface area contributed by atoms with E-state index in [1.807, 2.05) is 12.3 Å². The number of nitrogens with one attached hydrogen (secondary N) is 1. The first-order valence-corrected chi connectivity index (χ1v) is 4.50. The largest absolute Gasteiger partial charge is 0.369 e. The average Bonchev–Trinajstić information content (AvgIpc) is 2.03. The first kappa shape index (κ1) is 9.99. The fourth-order valence-electron chi connectivity index (χ4n) is 1.04. The van der Waals surface area contributed by atoms with Crippen molar-refractivity contribution in [1.29, 1.82) is 0 Å². The maximum Gasteiger partial charge on any atom is 0.126 e. The van der Waals surface area contributed by atoms with Crippen LogP contribution in [0.3, 0.4) is 0 Å². The molecule has 0 unspecified atom stereocenters. The highest BCUT2D eigenvalue weighted by Crippen LogP contribution is 2.04. The Labute approximate surface area is 79.8 Å². The molecule has 0 aliphatic carbocycles. The van der Waals surface area contributed by atoms with Crippen LogP contribution in [0.1, 0.15) is 5.56 Å². The van der Waals surface area contributed by atoms with Crippen LogP contribution in [0.15, 0.2) is 18.3 Å². The minimum absolute atomic E-state index is 0.934. The third-order valence-electron chi connectivity index (χ3n) is 1.78. The minimum Gasteiger partial charge on any atom is -0.369 e. The quantitative estimate of drug-likeness (QED) is 0.756. The zero-order valence-electron chi connectivity index (χ0n) is 8.54. The van der Waals surface area contributed by atoms with Crippen molar-refractivity contribution in [3.05, 3.63) is 23.9 Å².